The van der Waals surface area contributed by atoms with Gasteiger partial charge in [0, 0.05) is 24.7 Å². The number of anilines is 1. The molecule has 2 N–H and O–H groups in total. The van der Waals surface area contributed by atoms with E-state index in [2.05, 4.69) is 51.4 Å². The van der Waals surface area contributed by atoms with Crippen LogP contribution in [0.4, 0.5) is 14.7 Å². The van der Waals surface area contributed by atoms with Crippen LogP contribution < -0.4 is 10.6 Å². The second-order valence-electron chi connectivity index (χ2n) is 8.70. The number of hydrogen-bond donors (Lipinski definition) is 2. The highest BCUT2D eigenvalue weighted by Gasteiger charge is 2.22. The van der Waals surface area contributed by atoms with Crippen molar-refractivity contribution < 1.29 is 8.78 Å². The van der Waals surface area contributed by atoms with Crippen LogP contribution >= 0.6 is 0 Å². The van der Waals surface area contributed by atoms with Gasteiger partial charge in [-0.2, -0.15) is 4.98 Å². The fourth-order valence-electron chi connectivity index (χ4n) is 4.68. The van der Waals surface area contributed by atoms with Gasteiger partial charge in [0.15, 0.2) is 11.6 Å². The van der Waals surface area contributed by atoms with Gasteiger partial charge >= 0.3 is 0 Å². The summed E-state index contributed by atoms with van der Waals surface area (Å²) in [6.07, 6.45) is 4.22. The summed E-state index contributed by atoms with van der Waals surface area (Å²) in [5.41, 5.74) is 5.01. The monoisotopic (exact) mass is 447 g/mol. The van der Waals surface area contributed by atoms with E-state index >= 15 is 0 Å². The molecule has 5 rings (SSSR count). The number of piperidine rings is 1. The van der Waals surface area contributed by atoms with Crippen molar-refractivity contribution in [2.24, 2.45) is 5.92 Å². The molecule has 1 fully saturated rings. The van der Waals surface area contributed by atoms with E-state index in [9.17, 15) is 8.78 Å². The Bertz CT molecular complexity index is 1260. The van der Waals surface area contributed by atoms with Crippen molar-refractivity contribution in [3.63, 3.8) is 0 Å². The van der Waals surface area contributed by atoms with Gasteiger partial charge in [-0.3, -0.25) is 0 Å². The molecule has 0 amide bonds. The largest absolute Gasteiger partial charge is 0.350 e. The standard InChI is InChI=1S/C26H27F2N5/c1-17-21-15-31-26(30-14-18-9-10-22(27)23(28)12-18)32-25(21)33(16-19-6-5-11-29-13-19)24(17)20-7-3-2-4-8-20/h2-4,7-10,12,15,19,29H,5-6,11,13-14,16H2,1H3,(H,30,31,32)/t19-/m1/s1. The minimum atomic E-state index is -0.858. The lowest BCUT2D eigenvalue weighted by atomic mass is 9.99. The number of nitrogens with one attached hydrogen (secondary N) is 2. The number of hydrogen-bond acceptors (Lipinski definition) is 4. The van der Waals surface area contributed by atoms with Gasteiger partial charge in [0.2, 0.25) is 5.95 Å². The van der Waals surface area contributed by atoms with Crippen molar-refractivity contribution in [2.75, 3.05) is 18.4 Å². The van der Waals surface area contributed by atoms with Crippen LogP contribution in [-0.2, 0) is 13.1 Å². The Balaban J connectivity index is 1.52. The fraction of sp³-hybridized carbons (Fsp3) is 0.308. The predicted molar refractivity (Wildman–Crippen MR) is 127 cm³/mol. The molecule has 7 heteroatoms. The highest BCUT2D eigenvalue weighted by Crippen LogP contribution is 2.34. The third kappa shape index (κ3) is 4.46. The minimum absolute atomic E-state index is 0.306. The third-order valence-electron chi connectivity index (χ3n) is 6.38. The molecule has 2 aromatic heterocycles. The Labute approximate surface area is 191 Å². The van der Waals surface area contributed by atoms with Crippen LogP contribution in [0.15, 0.2) is 54.7 Å². The van der Waals surface area contributed by atoms with Crippen LogP contribution in [0.2, 0.25) is 0 Å². The Kier molecular flexibility index (Phi) is 6.05. The molecule has 5 nitrogen and oxygen atoms in total. The molecule has 1 aliphatic rings. The molecule has 0 spiro atoms. The molecule has 3 heterocycles. The predicted octanol–water partition coefficient (Wildman–Crippen LogP) is 5.30. The van der Waals surface area contributed by atoms with Crippen LogP contribution in [-0.4, -0.2) is 27.6 Å². The molecule has 1 atom stereocenters. The smallest absolute Gasteiger partial charge is 0.224 e. The molecular formula is C26H27F2N5. The SMILES string of the molecule is Cc1c(-c2ccccc2)n(C[C@@H]2CCCNC2)c2nc(NCc3ccc(F)c(F)c3)ncc12. The van der Waals surface area contributed by atoms with Crippen LogP contribution in [0.3, 0.4) is 0 Å². The Morgan fingerprint density at radius 2 is 1.97 bits per heavy atom. The molecule has 0 bridgehead atoms. The van der Waals surface area contributed by atoms with Crippen molar-refractivity contribution >= 4 is 17.0 Å². The van der Waals surface area contributed by atoms with Gasteiger partial charge in [0.05, 0.1) is 5.69 Å². The van der Waals surface area contributed by atoms with Crippen LogP contribution in [0, 0.1) is 24.5 Å². The Morgan fingerprint density at radius 3 is 2.73 bits per heavy atom. The van der Waals surface area contributed by atoms with E-state index in [0.29, 0.717) is 24.0 Å². The number of aryl methyl sites for hydroxylation is 1. The van der Waals surface area contributed by atoms with Crippen molar-refractivity contribution in [3.05, 3.63) is 77.5 Å². The maximum absolute atomic E-state index is 13.6. The number of benzene rings is 2. The Hall–Kier alpha value is -3.32. The molecule has 0 aliphatic carbocycles. The summed E-state index contributed by atoms with van der Waals surface area (Å²) in [5, 5.41) is 7.70. The first-order valence-electron chi connectivity index (χ1n) is 11.4. The zero-order valence-electron chi connectivity index (χ0n) is 18.6. The van der Waals surface area contributed by atoms with Crippen LogP contribution in [0.5, 0.6) is 0 Å². The van der Waals surface area contributed by atoms with Gasteiger partial charge in [-0.1, -0.05) is 36.4 Å². The lowest BCUT2D eigenvalue weighted by Gasteiger charge is -2.24. The summed E-state index contributed by atoms with van der Waals surface area (Å²) in [6.45, 7) is 5.38. The van der Waals surface area contributed by atoms with Crippen LogP contribution in [0.25, 0.3) is 22.3 Å². The molecule has 1 aliphatic heterocycles. The number of nitrogens with zero attached hydrogens (tertiary/aromatic N) is 3. The molecule has 0 saturated carbocycles. The molecule has 33 heavy (non-hydrogen) atoms. The van der Waals surface area contributed by atoms with E-state index in [0.717, 1.165) is 47.9 Å². The van der Waals surface area contributed by atoms with E-state index in [4.69, 9.17) is 4.98 Å². The number of rotatable bonds is 6. The summed E-state index contributed by atoms with van der Waals surface area (Å²) in [4.78, 5) is 9.36. The van der Waals surface area contributed by atoms with Gasteiger partial charge in [0.25, 0.3) is 0 Å². The van der Waals surface area contributed by atoms with Crippen LogP contribution in [0.1, 0.15) is 24.0 Å². The lowest BCUT2D eigenvalue weighted by molar-refractivity contribution is 0.341. The average molecular weight is 448 g/mol. The van der Waals surface area contributed by atoms with E-state index in [-0.39, 0.29) is 0 Å². The fourth-order valence-corrected chi connectivity index (χ4v) is 4.68. The van der Waals surface area contributed by atoms with Gasteiger partial charge in [-0.15, -0.1) is 0 Å². The molecule has 170 valence electrons. The second-order valence-corrected chi connectivity index (χ2v) is 8.70. The van der Waals surface area contributed by atoms with E-state index < -0.39 is 11.6 Å². The van der Waals surface area contributed by atoms with Gasteiger partial charge in [-0.25, -0.2) is 13.8 Å². The van der Waals surface area contributed by atoms with E-state index in [1.807, 2.05) is 12.3 Å². The van der Waals surface area contributed by atoms with Gasteiger partial charge in [-0.05, 0) is 67.6 Å². The van der Waals surface area contributed by atoms with Gasteiger partial charge < -0.3 is 15.2 Å². The van der Waals surface area contributed by atoms with E-state index in [1.54, 1.807) is 6.07 Å². The summed E-state index contributed by atoms with van der Waals surface area (Å²) < 4.78 is 29.1. The second kappa shape index (κ2) is 9.27. The Morgan fingerprint density at radius 1 is 1.12 bits per heavy atom. The molecule has 4 aromatic rings. The highest BCUT2D eigenvalue weighted by molar-refractivity contribution is 5.89. The first kappa shape index (κ1) is 21.5. The van der Waals surface area contributed by atoms with Crippen molar-refractivity contribution in [2.45, 2.75) is 32.9 Å². The lowest BCUT2D eigenvalue weighted by Crippen LogP contribution is -2.32. The summed E-state index contributed by atoms with van der Waals surface area (Å²) in [7, 11) is 0. The average Bonchev–Trinajstić information content (AvgIpc) is 3.12. The maximum atomic E-state index is 13.6. The molecule has 0 radical (unpaired) electrons. The number of fused-ring (bicyclic) bond motifs is 1. The summed E-state index contributed by atoms with van der Waals surface area (Å²) >= 11 is 0. The zero-order chi connectivity index (χ0) is 22.8. The highest BCUT2D eigenvalue weighted by atomic mass is 19.2. The molecular weight excluding hydrogens is 420 g/mol. The first-order valence-corrected chi connectivity index (χ1v) is 11.4. The molecule has 0 unspecified atom stereocenters. The van der Waals surface area contributed by atoms with Crippen molar-refractivity contribution in [3.8, 4) is 11.3 Å². The zero-order valence-corrected chi connectivity index (χ0v) is 18.6. The quantitative estimate of drug-likeness (QED) is 0.421. The molecule has 2 aromatic carbocycles. The normalized spacial score (nSPS) is 16.3. The topological polar surface area (TPSA) is 54.8 Å². The van der Waals surface area contributed by atoms with E-state index in [1.165, 1.54) is 24.6 Å². The van der Waals surface area contributed by atoms with Crippen molar-refractivity contribution in [1.82, 2.24) is 19.9 Å². The molecule has 1 saturated heterocycles. The number of aromatic nitrogens is 3. The minimum Gasteiger partial charge on any atom is -0.350 e. The van der Waals surface area contributed by atoms with Gasteiger partial charge in [0.1, 0.15) is 5.65 Å². The van der Waals surface area contributed by atoms with Crippen molar-refractivity contribution in [1.29, 1.82) is 0 Å². The number of halogens is 2. The summed E-state index contributed by atoms with van der Waals surface area (Å²) in [6, 6.07) is 14.3. The summed E-state index contributed by atoms with van der Waals surface area (Å²) in [5.74, 6) is -0.712. The first-order chi connectivity index (χ1) is 16.1. The third-order valence-corrected chi connectivity index (χ3v) is 6.38. The maximum Gasteiger partial charge on any atom is 0.224 e.